The van der Waals surface area contributed by atoms with Crippen LogP contribution in [-0.2, 0) is 16.1 Å². The van der Waals surface area contributed by atoms with Crippen molar-refractivity contribution in [2.75, 3.05) is 19.1 Å². The smallest absolute Gasteiger partial charge is 0.339 e. The topological polar surface area (TPSA) is 90.6 Å². The van der Waals surface area contributed by atoms with Crippen molar-refractivity contribution >= 4 is 24.0 Å². The molecule has 0 aromatic heterocycles. The minimum absolute atomic E-state index is 0.0105. The van der Waals surface area contributed by atoms with E-state index in [4.69, 9.17) is 15.1 Å². The number of halogens is 1. The Balaban J connectivity index is 2.28. The molecule has 0 aliphatic rings. The van der Waals surface area contributed by atoms with Crippen LogP contribution in [-0.4, -0.2) is 31.5 Å². The van der Waals surface area contributed by atoms with Crippen molar-refractivity contribution in [3.63, 3.8) is 0 Å². The highest BCUT2D eigenvalue weighted by atomic mass is 19.1. The number of nitrogens with zero attached hydrogens (tertiary/aromatic N) is 2. The van der Waals surface area contributed by atoms with E-state index >= 15 is 0 Å². The number of carboxylic acids is 1. The molecule has 0 saturated heterocycles. The first-order valence-electron chi connectivity index (χ1n) is 7.87. The van der Waals surface area contributed by atoms with Gasteiger partial charge in [0.05, 0.1) is 18.2 Å². The van der Waals surface area contributed by atoms with E-state index in [1.165, 1.54) is 25.3 Å². The molecule has 2 aromatic rings. The van der Waals surface area contributed by atoms with Gasteiger partial charge in [0, 0.05) is 30.9 Å². The average Bonchev–Trinajstić information content (AvgIpc) is 2.65. The van der Waals surface area contributed by atoms with Gasteiger partial charge < -0.3 is 14.7 Å². The number of carbonyl (C=O) groups is 2. The predicted octanol–water partition coefficient (Wildman–Crippen LogP) is 3.01. The monoisotopic (exact) mass is 368 g/mol. The van der Waals surface area contributed by atoms with Crippen molar-refractivity contribution in [1.82, 2.24) is 0 Å². The van der Waals surface area contributed by atoms with Gasteiger partial charge in [0.25, 0.3) is 0 Å². The van der Waals surface area contributed by atoms with Gasteiger partial charge in [-0.05, 0) is 35.9 Å². The van der Waals surface area contributed by atoms with Crippen molar-refractivity contribution in [2.24, 2.45) is 0 Å². The van der Waals surface area contributed by atoms with Gasteiger partial charge in [-0.2, -0.15) is 5.26 Å². The van der Waals surface area contributed by atoms with Crippen LogP contribution in [0.4, 0.5) is 10.1 Å². The first-order chi connectivity index (χ1) is 12.9. The van der Waals surface area contributed by atoms with Crippen LogP contribution in [0.15, 0.2) is 42.0 Å². The molecule has 0 radical (unpaired) electrons. The van der Waals surface area contributed by atoms with Gasteiger partial charge in [-0.15, -0.1) is 0 Å². The molecule has 0 heterocycles. The van der Waals surface area contributed by atoms with Gasteiger partial charge >= 0.3 is 5.97 Å². The zero-order valence-electron chi connectivity index (χ0n) is 14.8. The molecule has 27 heavy (non-hydrogen) atoms. The van der Waals surface area contributed by atoms with E-state index in [1.54, 1.807) is 37.4 Å². The zero-order valence-corrected chi connectivity index (χ0v) is 14.8. The molecule has 7 heteroatoms. The predicted molar refractivity (Wildman–Crippen MR) is 97.9 cm³/mol. The van der Waals surface area contributed by atoms with Crippen molar-refractivity contribution < 1.29 is 23.8 Å². The maximum Gasteiger partial charge on any atom is 0.339 e. The zero-order chi connectivity index (χ0) is 20.0. The van der Waals surface area contributed by atoms with E-state index in [0.717, 1.165) is 5.69 Å². The molecule has 0 aliphatic carbocycles. The number of rotatable bonds is 7. The van der Waals surface area contributed by atoms with Crippen LogP contribution in [0.2, 0.25) is 0 Å². The van der Waals surface area contributed by atoms with Crippen LogP contribution in [0.3, 0.4) is 0 Å². The number of ether oxygens (including phenoxy) is 1. The minimum atomic E-state index is -1.32. The van der Waals surface area contributed by atoms with Gasteiger partial charge in [-0.25, -0.2) is 9.18 Å². The second-order valence-electron chi connectivity index (χ2n) is 5.73. The lowest BCUT2D eigenvalue weighted by atomic mass is 10.1. The maximum atomic E-state index is 13.8. The highest BCUT2D eigenvalue weighted by Crippen LogP contribution is 2.28. The third-order valence-electron chi connectivity index (χ3n) is 3.92. The Morgan fingerprint density at radius 2 is 2.07 bits per heavy atom. The number of hydrogen-bond donors (Lipinski definition) is 1. The summed E-state index contributed by atoms with van der Waals surface area (Å²) in [4.78, 5) is 23.7. The Morgan fingerprint density at radius 1 is 1.33 bits per heavy atom. The Labute approximate surface area is 155 Å². The van der Waals surface area contributed by atoms with Crippen LogP contribution in [0.25, 0.3) is 6.08 Å². The maximum absolute atomic E-state index is 13.8. The quantitative estimate of drug-likeness (QED) is 0.350. The van der Waals surface area contributed by atoms with Crippen LogP contribution in [0.5, 0.6) is 5.75 Å². The number of carbonyl (C=O) groups excluding carboxylic acids is 1. The summed E-state index contributed by atoms with van der Waals surface area (Å²) in [7, 11) is 3.24. The molecular weight excluding hydrogens is 351 g/mol. The molecule has 2 rings (SSSR count). The molecule has 0 aliphatic heterocycles. The van der Waals surface area contributed by atoms with E-state index in [2.05, 4.69) is 0 Å². The summed E-state index contributed by atoms with van der Waals surface area (Å²) in [5.74, 6) is -1.50. The Hall–Kier alpha value is -3.66. The van der Waals surface area contributed by atoms with Crippen molar-refractivity contribution in [1.29, 1.82) is 5.26 Å². The van der Waals surface area contributed by atoms with E-state index in [-0.39, 0.29) is 17.4 Å². The standard InChI is InChI=1S/C20H17FN2O4/c1-23(11-13-3-4-15(10-22)18(21)7-13)17-6-5-14(19(9-17)27-2)8-16(12-24)20(25)26/h3-9,12H,11H2,1-2H3,(H,25,26)/b16-8+. The van der Waals surface area contributed by atoms with E-state index in [0.29, 0.717) is 23.4 Å². The molecule has 6 nitrogen and oxygen atoms in total. The molecule has 0 spiro atoms. The number of carboxylic acid groups (broad SMARTS) is 1. The van der Waals surface area contributed by atoms with Gasteiger partial charge in [-0.1, -0.05) is 6.07 Å². The van der Waals surface area contributed by atoms with Crippen LogP contribution >= 0.6 is 0 Å². The summed E-state index contributed by atoms with van der Waals surface area (Å²) in [6, 6.07) is 11.3. The molecular formula is C20H17FN2O4. The van der Waals surface area contributed by atoms with Gasteiger partial charge in [0.15, 0.2) is 6.29 Å². The van der Waals surface area contributed by atoms with Gasteiger partial charge in [0.2, 0.25) is 0 Å². The summed E-state index contributed by atoms with van der Waals surface area (Å²) in [5, 5.41) is 17.8. The Kier molecular flexibility index (Phi) is 6.28. The Morgan fingerprint density at radius 3 is 2.63 bits per heavy atom. The molecule has 0 atom stereocenters. The summed E-state index contributed by atoms with van der Waals surface area (Å²) >= 11 is 0. The van der Waals surface area contributed by atoms with E-state index in [9.17, 15) is 14.0 Å². The molecule has 0 saturated carbocycles. The van der Waals surface area contributed by atoms with E-state index in [1.807, 2.05) is 4.90 Å². The second-order valence-corrected chi connectivity index (χ2v) is 5.73. The molecule has 2 aromatic carbocycles. The number of benzene rings is 2. The van der Waals surface area contributed by atoms with Crippen molar-refractivity contribution in [3.8, 4) is 11.8 Å². The number of aldehydes is 1. The Bertz CT molecular complexity index is 947. The fourth-order valence-corrected chi connectivity index (χ4v) is 2.48. The van der Waals surface area contributed by atoms with Gasteiger partial charge in [-0.3, -0.25) is 4.79 Å². The minimum Gasteiger partial charge on any atom is -0.496 e. The summed E-state index contributed by atoms with van der Waals surface area (Å²) in [6.07, 6.45) is 1.50. The molecule has 0 amide bonds. The van der Waals surface area contributed by atoms with Crippen molar-refractivity contribution in [3.05, 3.63) is 64.5 Å². The highest BCUT2D eigenvalue weighted by Gasteiger charge is 2.11. The normalized spacial score (nSPS) is 10.8. The number of aliphatic carboxylic acids is 1. The molecule has 0 bridgehead atoms. The summed E-state index contributed by atoms with van der Waals surface area (Å²) in [5.41, 5.74) is 1.48. The van der Waals surface area contributed by atoms with Gasteiger partial charge in [0.1, 0.15) is 17.6 Å². The summed E-state index contributed by atoms with van der Waals surface area (Å²) < 4.78 is 19.0. The van der Waals surface area contributed by atoms with E-state index < -0.39 is 11.8 Å². The van der Waals surface area contributed by atoms with Crippen LogP contribution in [0.1, 0.15) is 16.7 Å². The largest absolute Gasteiger partial charge is 0.496 e. The fourth-order valence-electron chi connectivity index (χ4n) is 2.48. The number of hydrogen-bond acceptors (Lipinski definition) is 5. The molecule has 138 valence electrons. The SMILES string of the molecule is COc1cc(N(C)Cc2ccc(C#N)c(F)c2)ccc1/C=C(\C=O)C(=O)O. The molecule has 1 N–H and O–H groups in total. The lowest BCUT2D eigenvalue weighted by molar-refractivity contribution is -0.133. The highest BCUT2D eigenvalue weighted by molar-refractivity contribution is 6.11. The molecule has 0 unspecified atom stereocenters. The van der Waals surface area contributed by atoms with Crippen molar-refractivity contribution in [2.45, 2.75) is 6.54 Å². The third-order valence-corrected chi connectivity index (χ3v) is 3.92. The van der Waals surface area contributed by atoms with Crippen LogP contribution in [0, 0.1) is 17.1 Å². The fraction of sp³-hybridized carbons (Fsp3) is 0.150. The first-order valence-corrected chi connectivity index (χ1v) is 7.87. The van der Waals surface area contributed by atoms with Crippen LogP contribution < -0.4 is 9.64 Å². The lowest BCUT2D eigenvalue weighted by Crippen LogP contribution is -2.16. The second kappa shape index (κ2) is 8.63. The molecule has 0 fully saturated rings. The average molecular weight is 368 g/mol. The first kappa shape index (κ1) is 19.7. The summed E-state index contributed by atoms with van der Waals surface area (Å²) in [6.45, 7) is 0.385. The third kappa shape index (κ3) is 4.70. The number of anilines is 1. The number of methoxy groups -OCH3 is 1. The number of nitriles is 1. The lowest BCUT2D eigenvalue weighted by Gasteiger charge is -2.21.